The predicted molar refractivity (Wildman–Crippen MR) is 188 cm³/mol. The number of hydrogen-bond acceptors (Lipinski definition) is 5. The van der Waals surface area contributed by atoms with Gasteiger partial charge in [-0.25, -0.2) is 0 Å². The van der Waals surface area contributed by atoms with Gasteiger partial charge < -0.3 is 18.0 Å². The number of carbonyl (C=O) groups excluding carboxylic acids is 1. The van der Waals surface area contributed by atoms with Crippen LogP contribution < -0.4 is 0 Å². The van der Waals surface area contributed by atoms with E-state index in [9.17, 15) is 4.79 Å². The van der Waals surface area contributed by atoms with Gasteiger partial charge in [-0.05, 0) is 88.3 Å². The highest BCUT2D eigenvalue weighted by molar-refractivity contribution is 6.74. The summed E-state index contributed by atoms with van der Waals surface area (Å²) >= 11 is 0. The summed E-state index contributed by atoms with van der Waals surface area (Å²) in [5.74, 6) is 6.29. The smallest absolute Gasteiger partial charge is 0.305 e. The molecule has 0 N–H and O–H groups in total. The van der Waals surface area contributed by atoms with Crippen LogP contribution in [-0.4, -0.2) is 56.3 Å². The molecule has 42 heavy (non-hydrogen) atoms. The molecular weight excluding hydrogens is 573 g/mol. The first kappa shape index (κ1) is 40.5. The van der Waals surface area contributed by atoms with Gasteiger partial charge in [0, 0.05) is 12.8 Å². The lowest BCUT2D eigenvalue weighted by molar-refractivity contribution is -0.140. The number of ether oxygens (including phenoxy) is 1. The Morgan fingerprint density at radius 2 is 1.40 bits per heavy atom. The van der Waals surface area contributed by atoms with Crippen molar-refractivity contribution in [3.63, 3.8) is 0 Å². The van der Waals surface area contributed by atoms with Crippen LogP contribution in [0.3, 0.4) is 0 Å². The summed E-state index contributed by atoms with van der Waals surface area (Å²) in [6.07, 6.45) is 19.9. The zero-order chi connectivity index (χ0) is 32.5. The molecule has 0 rings (SSSR count). The summed E-state index contributed by atoms with van der Waals surface area (Å²) in [5.41, 5.74) is 0. The van der Waals surface area contributed by atoms with Gasteiger partial charge in [0.2, 0.25) is 0 Å². The van der Waals surface area contributed by atoms with Gasteiger partial charge in [0.1, 0.15) is 0 Å². The fourth-order valence-corrected chi connectivity index (χ4v) is 7.14. The molecule has 0 saturated carbocycles. The molecule has 0 aromatic rings. The topological polar surface area (TPSA) is 54.0 Å². The lowest BCUT2D eigenvalue weighted by atomic mass is 10.1. The number of rotatable bonds is 18. The van der Waals surface area contributed by atoms with Crippen molar-refractivity contribution in [2.24, 2.45) is 0 Å². The first-order valence-corrected chi connectivity index (χ1v) is 25.1. The lowest BCUT2D eigenvalue weighted by Gasteiger charge is -2.38. The van der Waals surface area contributed by atoms with Gasteiger partial charge in [0.25, 0.3) is 0 Å². The van der Waals surface area contributed by atoms with Crippen LogP contribution in [0, 0.1) is 11.8 Å². The number of methoxy groups -OCH3 is 1. The predicted octanol–water partition coefficient (Wildman–Crippen LogP) is 9.58. The molecule has 0 aliphatic rings. The summed E-state index contributed by atoms with van der Waals surface area (Å²) < 4.78 is 24.1. The fourth-order valence-electron chi connectivity index (χ4n) is 3.53. The Labute approximate surface area is 262 Å². The van der Waals surface area contributed by atoms with Gasteiger partial charge in [-0.2, -0.15) is 0 Å². The summed E-state index contributed by atoms with van der Waals surface area (Å²) in [4.78, 5) is 11.6. The van der Waals surface area contributed by atoms with E-state index in [1.54, 1.807) is 0 Å². The molecule has 0 heterocycles. The van der Waals surface area contributed by atoms with Gasteiger partial charge >= 0.3 is 5.97 Å². The Morgan fingerprint density at radius 3 is 1.90 bits per heavy atom. The van der Waals surface area contributed by atoms with Crippen LogP contribution in [0.4, 0.5) is 0 Å². The maximum Gasteiger partial charge on any atom is 0.305 e. The van der Waals surface area contributed by atoms with E-state index in [4.69, 9.17) is 18.0 Å². The zero-order valence-corrected chi connectivity index (χ0v) is 32.1. The van der Waals surface area contributed by atoms with Gasteiger partial charge in [-0.15, -0.1) is 0 Å². The van der Waals surface area contributed by atoms with Crippen molar-refractivity contribution in [1.82, 2.24) is 0 Å². The number of carbonyl (C=O) groups is 1. The first-order valence-electron chi connectivity index (χ1n) is 15.6. The minimum Gasteiger partial charge on any atom is -0.469 e. The maximum atomic E-state index is 11.6. The number of esters is 1. The third-order valence-electron chi connectivity index (χ3n) is 7.36. The van der Waals surface area contributed by atoms with Gasteiger partial charge in [-0.1, -0.05) is 82.9 Å². The van der Waals surface area contributed by atoms with Crippen LogP contribution >= 0.6 is 0 Å². The van der Waals surface area contributed by atoms with E-state index in [0.717, 1.165) is 25.3 Å². The molecule has 3 atom stereocenters. The van der Waals surface area contributed by atoms with Crippen molar-refractivity contribution < 1.29 is 22.8 Å². The molecule has 3 unspecified atom stereocenters. The van der Waals surface area contributed by atoms with E-state index in [0.29, 0.717) is 12.8 Å². The summed E-state index contributed by atoms with van der Waals surface area (Å²) in [6.45, 7) is 26.7. The molecule has 0 aliphatic carbocycles. The Morgan fingerprint density at radius 1 is 0.810 bits per heavy atom. The Hall–Kier alpha value is -1.48. The largest absolute Gasteiger partial charge is 0.469 e. The number of allylic oxidation sites excluding steroid dienone is 5. The second kappa shape index (κ2) is 19.7. The molecule has 0 spiro atoms. The molecule has 0 radical (unpaired) electrons. The van der Waals surface area contributed by atoms with Crippen LogP contribution in [0.15, 0.2) is 48.6 Å². The zero-order valence-electron chi connectivity index (χ0n) is 29.1. The molecule has 0 aromatic heterocycles. The minimum absolute atomic E-state index is 0.0384. The molecule has 8 heteroatoms. The highest BCUT2D eigenvalue weighted by Crippen LogP contribution is 2.38. The van der Waals surface area contributed by atoms with E-state index < -0.39 is 25.0 Å². The van der Waals surface area contributed by atoms with Crippen LogP contribution in [0.25, 0.3) is 0 Å². The van der Waals surface area contributed by atoms with Crippen LogP contribution in [-0.2, 0) is 22.8 Å². The first-order chi connectivity index (χ1) is 19.4. The van der Waals surface area contributed by atoms with Gasteiger partial charge in [0.15, 0.2) is 25.0 Å². The van der Waals surface area contributed by atoms with Crippen molar-refractivity contribution in [3.8, 4) is 11.8 Å². The van der Waals surface area contributed by atoms with Gasteiger partial charge in [-0.3, -0.25) is 4.79 Å². The quantitative estimate of drug-likeness (QED) is 0.0650. The molecule has 0 aliphatic heterocycles. The monoisotopic (exact) mass is 634 g/mol. The Kier molecular flexibility index (Phi) is 19.0. The van der Waals surface area contributed by atoms with Crippen molar-refractivity contribution in [2.75, 3.05) is 7.11 Å². The van der Waals surface area contributed by atoms with Crippen LogP contribution in [0.1, 0.15) is 66.7 Å². The third kappa shape index (κ3) is 19.7. The van der Waals surface area contributed by atoms with Crippen LogP contribution in [0.5, 0.6) is 0 Å². The van der Waals surface area contributed by atoms with E-state index in [-0.39, 0.29) is 29.3 Å². The second-order valence-electron chi connectivity index (χ2n) is 13.9. The van der Waals surface area contributed by atoms with Crippen LogP contribution in [0.2, 0.25) is 56.9 Å². The highest BCUT2D eigenvalue weighted by atomic mass is 28.4. The summed E-state index contributed by atoms with van der Waals surface area (Å²) in [6, 6.07) is 1.11. The average molecular weight is 635 g/mol. The molecule has 0 fully saturated rings. The lowest BCUT2D eigenvalue weighted by Crippen LogP contribution is -2.43. The molecule has 0 aromatic carbocycles. The Bertz CT molecular complexity index is 956. The third-order valence-corrected chi connectivity index (χ3v) is 15.5. The summed E-state index contributed by atoms with van der Waals surface area (Å²) in [5, 5.41) is 0.114. The second-order valence-corrected chi connectivity index (χ2v) is 27.5. The van der Waals surface area contributed by atoms with Crippen molar-refractivity contribution in [2.45, 2.75) is 142 Å². The number of hydrogen-bond donors (Lipinski definition) is 0. The molecular formula is C34H62O5Si3. The molecule has 0 bridgehead atoms. The van der Waals surface area contributed by atoms with E-state index >= 15 is 0 Å². The molecule has 0 amide bonds. The average Bonchev–Trinajstić information content (AvgIpc) is 2.87. The molecule has 0 saturated heterocycles. The van der Waals surface area contributed by atoms with Crippen molar-refractivity contribution in [1.29, 1.82) is 0 Å². The Balaban J connectivity index is 5.36. The normalized spacial score (nSPS) is 15.8. The molecule has 240 valence electrons. The van der Waals surface area contributed by atoms with Gasteiger partial charge in [0.05, 0.1) is 25.4 Å². The SMILES string of the molecule is CCC(C=CC#CCC(C=CC=CC=CC(CCCC(=O)OC)O[Si](C)(C)C(C)(C)C)O[Si](C)(C)C)O[Si](C)(C)CC. The van der Waals surface area contributed by atoms with E-state index in [1.165, 1.54) is 7.11 Å². The highest BCUT2D eigenvalue weighted by Gasteiger charge is 2.38. The summed E-state index contributed by atoms with van der Waals surface area (Å²) in [7, 11) is -3.84. The fraction of sp³-hybridized carbons (Fsp3) is 0.676. The standard InChI is InChI=1S/C34H62O5Si3/c1-14-30(38-41(10,11)15-2)24-21-18-22-26-31(37-40(7,8)9)25-19-16-17-20-27-32(28-23-29-33(35)36-6)39-42(12,13)34(3,4)5/h16-17,19-21,24-25,27,30-32H,14-15,23,26,28-29H2,1-13H3. The maximum absolute atomic E-state index is 11.6. The van der Waals surface area contributed by atoms with Crippen molar-refractivity contribution in [3.05, 3.63) is 48.6 Å². The van der Waals surface area contributed by atoms with Crippen molar-refractivity contribution >= 4 is 30.9 Å². The van der Waals surface area contributed by atoms with E-state index in [2.05, 4.69) is 111 Å². The van der Waals surface area contributed by atoms with E-state index in [1.807, 2.05) is 30.4 Å². The molecule has 5 nitrogen and oxygen atoms in total. The minimum atomic E-state index is -1.95.